The number of benzene rings is 3. The summed E-state index contributed by atoms with van der Waals surface area (Å²) in [6.45, 7) is 21.1. The molecule has 0 bridgehead atoms. The third-order valence-corrected chi connectivity index (χ3v) is 13.5. The first-order valence-corrected chi connectivity index (χ1v) is 15.0. The number of allylic oxidation sites excluding steroid dienone is 1. The number of rotatable bonds is 5. The van der Waals surface area contributed by atoms with Crippen LogP contribution < -0.4 is 10.4 Å². The SMILES string of the molecule is Cc1cc(C)c([Si]2(c3c(C)cc(C)cc3C)C=C(c3ccccc3)C2CCC(C)(C)C)c(C)c1. The molecule has 0 aromatic heterocycles. The summed E-state index contributed by atoms with van der Waals surface area (Å²) in [5.41, 5.74) is 15.3. The molecule has 3 aromatic rings. The maximum atomic E-state index is 2.77. The van der Waals surface area contributed by atoms with Crippen molar-refractivity contribution < 1.29 is 0 Å². The van der Waals surface area contributed by atoms with Crippen LogP contribution in [-0.4, -0.2) is 8.07 Å². The Morgan fingerprint density at radius 2 is 1.12 bits per heavy atom. The van der Waals surface area contributed by atoms with Crippen LogP contribution in [0.15, 0.2) is 60.3 Å². The number of aryl methyl sites for hydroxylation is 6. The zero-order valence-corrected chi connectivity index (χ0v) is 23.8. The van der Waals surface area contributed by atoms with Gasteiger partial charge in [-0.05, 0) is 86.9 Å². The molecule has 0 saturated carbocycles. The molecule has 0 amide bonds. The third kappa shape index (κ3) is 4.36. The van der Waals surface area contributed by atoms with Crippen molar-refractivity contribution in [3.63, 3.8) is 0 Å². The second-order valence-electron chi connectivity index (χ2n) is 12.0. The fourth-order valence-electron chi connectivity index (χ4n) is 6.75. The molecule has 0 fully saturated rings. The molecule has 1 atom stereocenters. The monoisotopic (exact) mass is 466 g/mol. The van der Waals surface area contributed by atoms with Crippen LogP contribution in [0.1, 0.15) is 72.6 Å². The van der Waals surface area contributed by atoms with E-state index in [1.807, 2.05) is 0 Å². The van der Waals surface area contributed by atoms with Crippen molar-refractivity contribution in [2.75, 3.05) is 0 Å². The van der Waals surface area contributed by atoms with Crippen LogP contribution >= 0.6 is 0 Å². The Kier molecular flexibility index (Phi) is 6.55. The normalized spacial score (nSPS) is 17.3. The van der Waals surface area contributed by atoms with Crippen LogP contribution in [0.5, 0.6) is 0 Å². The highest BCUT2D eigenvalue weighted by molar-refractivity contribution is 7.12. The first-order chi connectivity index (χ1) is 15.9. The van der Waals surface area contributed by atoms with Gasteiger partial charge in [-0.1, -0.05) is 114 Å². The zero-order valence-electron chi connectivity index (χ0n) is 22.8. The van der Waals surface area contributed by atoms with Gasteiger partial charge in [-0.3, -0.25) is 0 Å². The van der Waals surface area contributed by atoms with Gasteiger partial charge in [0.15, 0.2) is 0 Å². The van der Waals surface area contributed by atoms with Crippen LogP contribution in [0.4, 0.5) is 0 Å². The van der Waals surface area contributed by atoms with Crippen molar-refractivity contribution in [2.45, 2.75) is 80.7 Å². The van der Waals surface area contributed by atoms with E-state index in [1.54, 1.807) is 15.9 Å². The van der Waals surface area contributed by atoms with Crippen molar-refractivity contribution in [3.8, 4) is 0 Å². The summed E-state index contributed by atoms with van der Waals surface area (Å²) in [5, 5.41) is 3.32. The molecule has 0 aliphatic carbocycles. The molecule has 1 aliphatic heterocycles. The molecule has 0 spiro atoms. The predicted octanol–water partition coefficient (Wildman–Crippen LogP) is 7.93. The maximum absolute atomic E-state index is 2.77. The lowest BCUT2D eigenvalue weighted by Gasteiger charge is -2.50. The van der Waals surface area contributed by atoms with Crippen LogP contribution in [0.3, 0.4) is 0 Å². The summed E-state index contributed by atoms with van der Waals surface area (Å²) in [5.74, 6) is 0. The molecule has 3 aromatic carbocycles. The van der Waals surface area contributed by atoms with E-state index in [9.17, 15) is 0 Å². The summed E-state index contributed by atoms with van der Waals surface area (Å²) in [4.78, 5) is 0. The molecule has 178 valence electrons. The fraction of sp³-hybridized carbons (Fsp3) is 0.394. The number of hydrogen-bond donors (Lipinski definition) is 0. The Hall–Kier alpha value is -2.38. The van der Waals surface area contributed by atoms with Gasteiger partial charge >= 0.3 is 0 Å². The van der Waals surface area contributed by atoms with Crippen molar-refractivity contribution in [2.24, 2.45) is 5.41 Å². The van der Waals surface area contributed by atoms with Crippen molar-refractivity contribution in [3.05, 3.63) is 99.2 Å². The molecule has 1 aliphatic rings. The standard InChI is InChI=1S/C33H42Si/c1-22-17-24(3)31(25(4)18-22)34(32-26(5)19-23(2)20-27(32)6)21-29(28-13-11-10-12-14-28)30(34)15-16-33(7,8)9/h10-14,17-21,30H,15-16H2,1-9H3. The van der Waals surface area contributed by atoms with E-state index in [0.717, 1.165) is 0 Å². The molecule has 1 unspecified atom stereocenters. The van der Waals surface area contributed by atoms with Gasteiger partial charge in [0, 0.05) is 0 Å². The maximum Gasteiger partial charge on any atom is 0.150 e. The van der Waals surface area contributed by atoms with E-state index in [2.05, 4.69) is 123 Å². The van der Waals surface area contributed by atoms with Gasteiger partial charge < -0.3 is 0 Å². The lowest BCUT2D eigenvalue weighted by Crippen LogP contribution is -2.68. The van der Waals surface area contributed by atoms with E-state index in [-0.39, 0.29) is 0 Å². The molecule has 0 N–H and O–H groups in total. The van der Waals surface area contributed by atoms with E-state index in [0.29, 0.717) is 11.0 Å². The summed E-state index contributed by atoms with van der Waals surface area (Å²) < 4.78 is 0. The van der Waals surface area contributed by atoms with Gasteiger partial charge in [0.1, 0.15) is 8.07 Å². The summed E-state index contributed by atoms with van der Waals surface area (Å²) in [6.07, 6.45) is 2.49. The van der Waals surface area contributed by atoms with Gasteiger partial charge in [-0.25, -0.2) is 0 Å². The Morgan fingerprint density at radius 1 is 0.676 bits per heavy atom. The smallest absolute Gasteiger partial charge is 0.0815 e. The predicted molar refractivity (Wildman–Crippen MR) is 153 cm³/mol. The first kappa shape index (κ1) is 24.7. The summed E-state index contributed by atoms with van der Waals surface area (Å²) >= 11 is 0. The van der Waals surface area contributed by atoms with Crippen molar-refractivity contribution in [1.82, 2.24) is 0 Å². The minimum Gasteiger partial charge on any atom is -0.0815 e. The highest BCUT2D eigenvalue weighted by atomic mass is 28.3. The largest absolute Gasteiger partial charge is 0.150 e. The van der Waals surface area contributed by atoms with Gasteiger partial charge in [-0.15, -0.1) is 0 Å². The Labute approximate surface area is 209 Å². The van der Waals surface area contributed by atoms with E-state index in [4.69, 9.17) is 0 Å². The fourth-order valence-corrected chi connectivity index (χ4v) is 13.0. The second kappa shape index (κ2) is 9.00. The first-order valence-electron chi connectivity index (χ1n) is 12.9. The van der Waals surface area contributed by atoms with Crippen LogP contribution in [0.2, 0.25) is 5.54 Å². The Balaban J connectivity index is 2.06. The average molecular weight is 467 g/mol. The molecule has 0 radical (unpaired) electrons. The van der Waals surface area contributed by atoms with E-state index in [1.165, 1.54) is 51.8 Å². The summed E-state index contributed by atoms with van der Waals surface area (Å²) in [6, 6.07) is 20.9. The molecule has 1 heterocycles. The Bertz CT molecular complexity index is 1130. The molecular formula is C33H42Si. The minimum absolute atomic E-state index is 0.326. The third-order valence-electron chi connectivity index (χ3n) is 7.78. The van der Waals surface area contributed by atoms with Crippen molar-refractivity contribution in [1.29, 1.82) is 0 Å². The molecule has 4 rings (SSSR count). The second-order valence-corrected chi connectivity index (χ2v) is 15.8. The molecule has 0 nitrogen and oxygen atoms in total. The quantitative estimate of drug-likeness (QED) is 0.335. The highest BCUT2D eigenvalue weighted by Crippen LogP contribution is 2.51. The Morgan fingerprint density at radius 3 is 1.53 bits per heavy atom. The zero-order chi connectivity index (χ0) is 24.8. The topological polar surface area (TPSA) is 0 Å². The molecule has 34 heavy (non-hydrogen) atoms. The molecule has 0 saturated heterocycles. The lowest BCUT2D eigenvalue weighted by atomic mass is 9.87. The van der Waals surface area contributed by atoms with E-state index < -0.39 is 8.07 Å². The molecule has 1 heteroatoms. The van der Waals surface area contributed by atoms with Gasteiger partial charge in [-0.2, -0.15) is 0 Å². The van der Waals surface area contributed by atoms with Gasteiger partial charge in [0.05, 0.1) is 0 Å². The van der Waals surface area contributed by atoms with Crippen LogP contribution in [-0.2, 0) is 0 Å². The lowest BCUT2D eigenvalue weighted by molar-refractivity contribution is 0.366. The van der Waals surface area contributed by atoms with E-state index >= 15 is 0 Å². The van der Waals surface area contributed by atoms with Crippen LogP contribution in [0, 0.1) is 47.0 Å². The highest BCUT2D eigenvalue weighted by Gasteiger charge is 2.54. The minimum atomic E-state index is -2.16. The van der Waals surface area contributed by atoms with Gasteiger partial charge in [0.2, 0.25) is 0 Å². The number of hydrogen-bond acceptors (Lipinski definition) is 0. The van der Waals surface area contributed by atoms with Crippen LogP contribution in [0.25, 0.3) is 5.57 Å². The average Bonchev–Trinajstić information content (AvgIpc) is 2.69. The molecular weight excluding hydrogens is 424 g/mol. The van der Waals surface area contributed by atoms with Crippen molar-refractivity contribution >= 4 is 24.0 Å². The van der Waals surface area contributed by atoms with Gasteiger partial charge in [0.25, 0.3) is 0 Å². The summed E-state index contributed by atoms with van der Waals surface area (Å²) in [7, 11) is -2.16.